The van der Waals surface area contributed by atoms with Crippen LogP contribution in [0.5, 0.6) is 0 Å². The van der Waals surface area contributed by atoms with Crippen molar-refractivity contribution in [3.05, 3.63) is 30.1 Å². The van der Waals surface area contributed by atoms with E-state index in [-0.39, 0.29) is 5.78 Å². The van der Waals surface area contributed by atoms with Crippen molar-refractivity contribution in [1.29, 1.82) is 0 Å². The van der Waals surface area contributed by atoms with E-state index in [0.29, 0.717) is 0 Å². The fourth-order valence-corrected chi connectivity index (χ4v) is 1.27. The number of imidazole rings is 1. The Morgan fingerprint density at radius 2 is 1.80 bits per heavy atom. The highest BCUT2D eigenvalue weighted by Gasteiger charge is 2.00. The highest BCUT2D eigenvalue weighted by molar-refractivity contribution is 5.75. The van der Waals surface area contributed by atoms with Gasteiger partial charge in [-0.1, -0.05) is 12.1 Å². The minimum absolute atomic E-state index is 0.167. The van der Waals surface area contributed by atoms with Crippen molar-refractivity contribution in [1.82, 2.24) is 9.55 Å². The summed E-state index contributed by atoms with van der Waals surface area (Å²) in [5.74, 6) is 1.23. The van der Waals surface area contributed by atoms with Crippen LogP contribution in [0.4, 0.5) is 0 Å². The molecule has 80 valence electrons. The first-order valence-corrected chi connectivity index (χ1v) is 4.87. The highest BCUT2D eigenvalue weighted by Crippen LogP contribution is 2.12. The summed E-state index contributed by atoms with van der Waals surface area (Å²) < 4.78 is 2.09. The summed E-state index contributed by atoms with van der Waals surface area (Å²) in [4.78, 5) is 13.8. The molecule has 0 aliphatic rings. The second-order valence-electron chi connectivity index (χ2n) is 3.61. The van der Waals surface area contributed by atoms with E-state index in [1.54, 1.807) is 0 Å². The van der Waals surface area contributed by atoms with Gasteiger partial charge in [-0.15, -0.1) is 0 Å². The van der Waals surface area contributed by atoms with Gasteiger partial charge >= 0.3 is 0 Å². The molecule has 0 saturated carbocycles. The number of Topliss-reactive ketones (excluding diaryl/α,β-unsaturated/α-hetero) is 1. The van der Waals surface area contributed by atoms with E-state index in [1.165, 1.54) is 19.4 Å². The van der Waals surface area contributed by atoms with Gasteiger partial charge in [0.1, 0.15) is 11.6 Å². The number of ketones is 1. The Bertz CT molecular complexity index is 467. The molecule has 0 saturated heterocycles. The number of hydrogen-bond donors (Lipinski definition) is 0. The van der Waals surface area contributed by atoms with Crippen molar-refractivity contribution >= 4 is 16.8 Å². The van der Waals surface area contributed by atoms with Crippen LogP contribution < -0.4 is 0 Å². The Kier molecular flexibility index (Phi) is 3.61. The van der Waals surface area contributed by atoms with Crippen LogP contribution in [-0.4, -0.2) is 15.3 Å². The molecule has 0 spiro atoms. The van der Waals surface area contributed by atoms with Crippen LogP contribution in [0.3, 0.4) is 0 Å². The maximum absolute atomic E-state index is 9.44. The number of carbonyl (C=O) groups is 1. The topological polar surface area (TPSA) is 34.9 Å². The van der Waals surface area contributed by atoms with Gasteiger partial charge in [0.05, 0.1) is 11.0 Å². The third-order valence-corrected chi connectivity index (χ3v) is 2.01. The minimum Gasteiger partial charge on any atom is -0.331 e. The largest absolute Gasteiger partial charge is 0.331 e. The first-order valence-electron chi connectivity index (χ1n) is 4.87. The molecule has 2 rings (SSSR count). The predicted octanol–water partition coefficient (Wildman–Crippen LogP) is 2.48. The van der Waals surface area contributed by atoms with Crippen LogP contribution in [0.25, 0.3) is 11.0 Å². The van der Waals surface area contributed by atoms with Gasteiger partial charge in [-0.25, -0.2) is 4.98 Å². The molecule has 2 aromatic rings. The fraction of sp³-hybridized carbons (Fsp3) is 0.333. The summed E-state index contributed by atoms with van der Waals surface area (Å²) in [7, 11) is 2.03. The monoisotopic (exact) mass is 204 g/mol. The predicted molar refractivity (Wildman–Crippen MR) is 61.8 cm³/mol. The number of nitrogens with zero attached hydrogens (tertiary/aromatic N) is 2. The van der Waals surface area contributed by atoms with Crippen LogP contribution >= 0.6 is 0 Å². The summed E-state index contributed by atoms with van der Waals surface area (Å²) in [6.07, 6.45) is 0. The molecule has 0 aliphatic heterocycles. The van der Waals surface area contributed by atoms with Crippen LogP contribution in [0, 0.1) is 6.92 Å². The number of aryl methyl sites for hydroxylation is 2. The van der Waals surface area contributed by atoms with E-state index in [0.717, 1.165) is 11.3 Å². The van der Waals surface area contributed by atoms with Crippen molar-refractivity contribution in [3.63, 3.8) is 0 Å². The Morgan fingerprint density at radius 1 is 1.27 bits per heavy atom. The Morgan fingerprint density at radius 3 is 2.33 bits per heavy atom. The summed E-state index contributed by atoms with van der Waals surface area (Å²) in [5.41, 5.74) is 2.28. The number of aromatic nitrogens is 2. The zero-order valence-corrected chi connectivity index (χ0v) is 9.61. The number of benzene rings is 1. The normalized spacial score (nSPS) is 9.60. The summed E-state index contributed by atoms with van der Waals surface area (Å²) in [6, 6.07) is 8.15. The molecule has 0 fully saturated rings. The maximum atomic E-state index is 9.44. The van der Waals surface area contributed by atoms with Crippen molar-refractivity contribution in [2.75, 3.05) is 0 Å². The molecule has 0 bridgehead atoms. The Labute approximate surface area is 89.7 Å². The zero-order valence-electron chi connectivity index (χ0n) is 9.61. The molecule has 1 heterocycles. The van der Waals surface area contributed by atoms with Crippen LogP contribution in [0.2, 0.25) is 0 Å². The number of hydrogen-bond acceptors (Lipinski definition) is 2. The second kappa shape index (κ2) is 4.73. The quantitative estimate of drug-likeness (QED) is 0.660. The van der Waals surface area contributed by atoms with Gasteiger partial charge in [0.25, 0.3) is 0 Å². The zero-order chi connectivity index (χ0) is 11.4. The van der Waals surface area contributed by atoms with Crippen molar-refractivity contribution in [2.45, 2.75) is 20.8 Å². The molecule has 3 heteroatoms. The molecule has 15 heavy (non-hydrogen) atoms. The van der Waals surface area contributed by atoms with E-state index < -0.39 is 0 Å². The van der Waals surface area contributed by atoms with Gasteiger partial charge in [0.15, 0.2) is 0 Å². The summed E-state index contributed by atoms with van der Waals surface area (Å²) in [5, 5.41) is 0. The van der Waals surface area contributed by atoms with Gasteiger partial charge in [0, 0.05) is 7.05 Å². The smallest absolute Gasteiger partial charge is 0.126 e. The molecule has 0 unspecified atom stereocenters. The SMILES string of the molecule is CC(C)=O.Cc1nc2ccccc2n1C. The Hall–Kier alpha value is -1.64. The van der Waals surface area contributed by atoms with E-state index >= 15 is 0 Å². The molecule has 0 aliphatic carbocycles. The molecule has 0 N–H and O–H groups in total. The summed E-state index contributed by atoms with van der Waals surface area (Å²) >= 11 is 0. The van der Waals surface area contributed by atoms with E-state index in [2.05, 4.69) is 15.6 Å². The first-order chi connectivity index (χ1) is 7.02. The fourth-order valence-electron chi connectivity index (χ4n) is 1.27. The molecule has 0 radical (unpaired) electrons. The molecule has 0 atom stereocenters. The van der Waals surface area contributed by atoms with Gasteiger partial charge < -0.3 is 9.36 Å². The number of carbonyl (C=O) groups excluding carboxylic acids is 1. The number of rotatable bonds is 0. The standard InChI is InChI=1S/C9H10N2.C3H6O/c1-7-10-8-5-3-4-6-9(8)11(7)2;1-3(2)4/h3-6H,1-2H3;1-2H3. The van der Waals surface area contributed by atoms with Crippen molar-refractivity contribution < 1.29 is 4.79 Å². The lowest BCUT2D eigenvalue weighted by Gasteiger charge is -1.93. The van der Waals surface area contributed by atoms with Crippen LogP contribution in [0.1, 0.15) is 19.7 Å². The average molecular weight is 204 g/mol. The van der Waals surface area contributed by atoms with Crippen molar-refractivity contribution in [3.8, 4) is 0 Å². The average Bonchev–Trinajstić information content (AvgIpc) is 2.43. The van der Waals surface area contributed by atoms with Crippen LogP contribution in [0.15, 0.2) is 24.3 Å². The minimum atomic E-state index is 0.167. The Balaban J connectivity index is 0.000000245. The first kappa shape index (κ1) is 11.4. The lowest BCUT2D eigenvalue weighted by atomic mass is 10.3. The maximum Gasteiger partial charge on any atom is 0.126 e. The van der Waals surface area contributed by atoms with E-state index in [4.69, 9.17) is 0 Å². The highest BCUT2D eigenvalue weighted by atomic mass is 16.1. The molecular formula is C12H16N2O. The molecule has 3 nitrogen and oxygen atoms in total. The second-order valence-corrected chi connectivity index (χ2v) is 3.61. The van der Waals surface area contributed by atoms with Gasteiger partial charge in [-0.3, -0.25) is 0 Å². The number of para-hydroxylation sites is 2. The van der Waals surface area contributed by atoms with Gasteiger partial charge in [0.2, 0.25) is 0 Å². The lowest BCUT2D eigenvalue weighted by molar-refractivity contribution is -0.114. The van der Waals surface area contributed by atoms with Crippen molar-refractivity contribution in [2.24, 2.45) is 7.05 Å². The van der Waals surface area contributed by atoms with E-state index in [1.807, 2.05) is 32.2 Å². The molecular weight excluding hydrogens is 188 g/mol. The molecule has 0 amide bonds. The van der Waals surface area contributed by atoms with Gasteiger partial charge in [-0.05, 0) is 32.9 Å². The molecule has 1 aromatic heterocycles. The summed E-state index contributed by atoms with van der Waals surface area (Å²) in [6.45, 7) is 5.07. The number of fused-ring (bicyclic) bond motifs is 1. The van der Waals surface area contributed by atoms with Gasteiger partial charge in [-0.2, -0.15) is 0 Å². The van der Waals surface area contributed by atoms with E-state index in [9.17, 15) is 4.79 Å². The lowest BCUT2D eigenvalue weighted by Crippen LogP contribution is -1.89. The third-order valence-electron chi connectivity index (χ3n) is 2.01. The van der Waals surface area contributed by atoms with Crippen LogP contribution in [-0.2, 0) is 11.8 Å². The molecule has 1 aromatic carbocycles. The third kappa shape index (κ3) is 2.91.